The maximum atomic E-state index is 12.8. The molecule has 0 spiro atoms. The minimum Gasteiger partial charge on any atom is -0.390 e. The number of alkyl halides is 2. The second-order valence-corrected chi connectivity index (χ2v) is 2.55. The molecule has 0 fully saturated rings. The van der Waals surface area contributed by atoms with Gasteiger partial charge in [-0.25, -0.2) is 13.2 Å². The SMILES string of the molecule is Cc1c(F)cnc(CO)c1C(F)F. The number of hydrogen-bond donors (Lipinski definition) is 1. The highest BCUT2D eigenvalue weighted by Crippen LogP contribution is 2.26. The molecule has 1 N–H and O–H groups in total. The molecule has 13 heavy (non-hydrogen) atoms. The number of rotatable bonds is 2. The van der Waals surface area contributed by atoms with Gasteiger partial charge in [-0.05, 0) is 12.5 Å². The summed E-state index contributed by atoms with van der Waals surface area (Å²) in [5, 5.41) is 8.66. The van der Waals surface area contributed by atoms with E-state index in [0.717, 1.165) is 6.20 Å². The van der Waals surface area contributed by atoms with Crippen molar-refractivity contribution in [2.45, 2.75) is 20.0 Å². The van der Waals surface area contributed by atoms with Crippen molar-refractivity contribution in [3.05, 3.63) is 28.8 Å². The Hall–Kier alpha value is -1.10. The summed E-state index contributed by atoms with van der Waals surface area (Å²) in [6.07, 6.45) is -1.99. The highest BCUT2D eigenvalue weighted by Gasteiger charge is 2.18. The van der Waals surface area contributed by atoms with Crippen LogP contribution >= 0.6 is 0 Å². The van der Waals surface area contributed by atoms with Crippen LogP contribution in [-0.2, 0) is 6.61 Å². The van der Waals surface area contributed by atoms with Crippen molar-refractivity contribution in [2.75, 3.05) is 0 Å². The summed E-state index contributed by atoms with van der Waals surface area (Å²) in [4.78, 5) is 3.37. The van der Waals surface area contributed by atoms with Gasteiger partial charge in [0.2, 0.25) is 0 Å². The zero-order chi connectivity index (χ0) is 10.0. The summed E-state index contributed by atoms with van der Waals surface area (Å²) in [5.41, 5.74) is -0.842. The third-order valence-corrected chi connectivity index (χ3v) is 1.77. The monoisotopic (exact) mass is 191 g/mol. The van der Waals surface area contributed by atoms with E-state index in [1.165, 1.54) is 6.92 Å². The van der Waals surface area contributed by atoms with Gasteiger partial charge in [0.25, 0.3) is 6.43 Å². The minimum atomic E-state index is -2.81. The normalized spacial score (nSPS) is 10.9. The Kier molecular flexibility index (Phi) is 2.87. The molecule has 1 aromatic heterocycles. The molecule has 5 heteroatoms. The zero-order valence-corrected chi connectivity index (χ0v) is 6.89. The van der Waals surface area contributed by atoms with Gasteiger partial charge in [0.15, 0.2) is 0 Å². The number of aliphatic hydroxyl groups is 1. The fourth-order valence-electron chi connectivity index (χ4n) is 1.06. The Morgan fingerprint density at radius 3 is 2.62 bits per heavy atom. The van der Waals surface area contributed by atoms with Crippen LogP contribution in [0.4, 0.5) is 13.2 Å². The van der Waals surface area contributed by atoms with Gasteiger partial charge in [-0.1, -0.05) is 0 Å². The molecule has 0 amide bonds. The van der Waals surface area contributed by atoms with Gasteiger partial charge in [-0.2, -0.15) is 0 Å². The van der Waals surface area contributed by atoms with Gasteiger partial charge in [0.1, 0.15) is 5.82 Å². The molecule has 0 aliphatic carbocycles. The van der Waals surface area contributed by atoms with Crippen LogP contribution in [0.15, 0.2) is 6.20 Å². The molecule has 0 aromatic carbocycles. The average Bonchev–Trinajstić information content (AvgIpc) is 2.08. The van der Waals surface area contributed by atoms with E-state index in [0.29, 0.717) is 0 Å². The first-order chi connectivity index (χ1) is 6.07. The molecule has 1 aromatic rings. The number of halogens is 3. The third kappa shape index (κ3) is 1.80. The van der Waals surface area contributed by atoms with Gasteiger partial charge in [-0.15, -0.1) is 0 Å². The largest absolute Gasteiger partial charge is 0.390 e. The molecule has 72 valence electrons. The van der Waals surface area contributed by atoms with Crippen LogP contribution in [0.25, 0.3) is 0 Å². The van der Waals surface area contributed by atoms with Crippen molar-refractivity contribution >= 4 is 0 Å². The van der Waals surface area contributed by atoms with E-state index in [-0.39, 0.29) is 11.3 Å². The van der Waals surface area contributed by atoms with Crippen molar-refractivity contribution in [2.24, 2.45) is 0 Å². The maximum Gasteiger partial charge on any atom is 0.266 e. The van der Waals surface area contributed by atoms with Crippen molar-refractivity contribution in [1.82, 2.24) is 4.98 Å². The topological polar surface area (TPSA) is 33.1 Å². The minimum absolute atomic E-state index is 0.158. The Morgan fingerprint density at radius 1 is 1.54 bits per heavy atom. The summed E-state index contributed by atoms with van der Waals surface area (Å²) in [7, 11) is 0. The molecule has 0 radical (unpaired) electrons. The molecular formula is C8H8F3NO. The molecule has 0 atom stereocenters. The van der Waals surface area contributed by atoms with Gasteiger partial charge >= 0.3 is 0 Å². The van der Waals surface area contributed by atoms with Crippen molar-refractivity contribution in [1.29, 1.82) is 0 Å². The highest BCUT2D eigenvalue weighted by atomic mass is 19.3. The first kappa shape index (κ1) is 9.98. The number of pyridine rings is 1. The smallest absolute Gasteiger partial charge is 0.266 e. The summed E-state index contributed by atoms with van der Waals surface area (Å²) in [5.74, 6) is -0.785. The van der Waals surface area contributed by atoms with Crippen molar-refractivity contribution < 1.29 is 18.3 Å². The van der Waals surface area contributed by atoms with E-state index in [2.05, 4.69) is 4.98 Å². The van der Waals surface area contributed by atoms with E-state index < -0.39 is 24.4 Å². The van der Waals surface area contributed by atoms with Crippen LogP contribution in [0.2, 0.25) is 0 Å². The number of nitrogens with zero attached hydrogens (tertiary/aromatic N) is 1. The molecule has 1 heterocycles. The number of aliphatic hydroxyl groups excluding tert-OH is 1. The zero-order valence-electron chi connectivity index (χ0n) is 6.89. The molecule has 0 aliphatic rings. The summed E-state index contributed by atoms with van der Waals surface area (Å²) < 4.78 is 37.5. The summed E-state index contributed by atoms with van der Waals surface area (Å²) in [6.45, 7) is 0.623. The Labute approximate surface area is 73.0 Å². The predicted octanol–water partition coefficient (Wildman–Crippen LogP) is 1.96. The maximum absolute atomic E-state index is 12.8. The van der Waals surface area contributed by atoms with Crippen LogP contribution in [0.5, 0.6) is 0 Å². The third-order valence-electron chi connectivity index (χ3n) is 1.77. The second kappa shape index (κ2) is 3.74. The first-order valence-corrected chi connectivity index (χ1v) is 3.60. The molecular weight excluding hydrogens is 183 g/mol. The van der Waals surface area contributed by atoms with Crippen LogP contribution in [-0.4, -0.2) is 10.1 Å². The van der Waals surface area contributed by atoms with Crippen LogP contribution in [0, 0.1) is 12.7 Å². The summed E-state index contributed by atoms with van der Waals surface area (Å²) in [6, 6.07) is 0. The second-order valence-electron chi connectivity index (χ2n) is 2.55. The molecule has 1 rings (SSSR count). The molecule has 0 unspecified atom stereocenters. The van der Waals surface area contributed by atoms with Gasteiger partial charge in [0, 0.05) is 5.56 Å². The lowest BCUT2D eigenvalue weighted by molar-refractivity contribution is 0.144. The van der Waals surface area contributed by atoms with Crippen molar-refractivity contribution in [3.8, 4) is 0 Å². The lowest BCUT2D eigenvalue weighted by Crippen LogP contribution is -2.03. The Bertz CT molecular complexity index is 315. The van der Waals surface area contributed by atoms with E-state index in [1.807, 2.05) is 0 Å². The molecule has 0 saturated heterocycles. The van der Waals surface area contributed by atoms with E-state index in [4.69, 9.17) is 5.11 Å². The van der Waals surface area contributed by atoms with Gasteiger partial charge < -0.3 is 5.11 Å². The quantitative estimate of drug-likeness (QED) is 0.775. The molecule has 0 aliphatic heterocycles. The van der Waals surface area contributed by atoms with E-state index in [9.17, 15) is 13.2 Å². The van der Waals surface area contributed by atoms with Crippen LogP contribution in [0.3, 0.4) is 0 Å². The molecule has 2 nitrogen and oxygen atoms in total. The molecule has 0 saturated carbocycles. The van der Waals surface area contributed by atoms with E-state index in [1.54, 1.807) is 0 Å². The highest BCUT2D eigenvalue weighted by molar-refractivity contribution is 5.30. The standard InChI is InChI=1S/C8H8F3NO/c1-4-5(9)2-12-6(3-13)7(4)8(10)11/h2,8,13H,3H2,1H3. The number of hydrogen-bond acceptors (Lipinski definition) is 2. The van der Waals surface area contributed by atoms with Crippen LogP contribution in [0.1, 0.15) is 23.2 Å². The fraction of sp³-hybridized carbons (Fsp3) is 0.375. The van der Waals surface area contributed by atoms with Crippen molar-refractivity contribution in [3.63, 3.8) is 0 Å². The predicted molar refractivity (Wildman–Crippen MR) is 39.8 cm³/mol. The first-order valence-electron chi connectivity index (χ1n) is 3.60. The molecule has 0 bridgehead atoms. The lowest BCUT2D eigenvalue weighted by Gasteiger charge is -2.09. The lowest BCUT2D eigenvalue weighted by atomic mass is 10.1. The Balaban J connectivity index is 3.32. The van der Waals surface area contributed by atoms with Crippen LogP contribution < -0.4 is 0 Å². The fourth-order valence-corrected chi connectivity index (χ4v) is 1.06. The Morgan fingerprint density at radius 2 is 2.15 bits per heavy atom. The van der Waals surface area contributed by atoms with Gasteiger partial charge in [0.05, 0.1) is 18.5 Å². The average molecular weight is 191 g/mol. The van der Waals surface area contributed by atoms with Gasteiger partial charge in [-0.3, -0.25) is 4.98 Å². The number of aromatic nitrogens is 1. The van der Waals surface area contributed by atoms with E-state index >= 15 is 0 Å². The summed E-state index contributed by atoms with van der Waals surface area (Å²) >= 11 is 0.